The number of benzene rings is 2. The Labute approximate surface area is 194 Å². The molecule has 2 aromatic carbocycles. The van der Waals surface area contributed by atoms with Gasteiger partial charge in [-0.1, -0.05) is 38.1 Å². The quantitative estimate of drug-likeness (QED) is 0.246. The molecule has 0 fully saturated rings. The van der Waals surface area contributed by atoms with Crippen LogP contribution in [0.2, 0.25) is 0 Å². The van der Waals surface area contributed by atoms with Gasteiger partial charge in [-0.2, -0.15) is 26.3 Å². The number of ether oxygens (including phenoxy) is 4. The van der Waals surface area contributed by atoms with E-state index in [1.54, 1.807) is 31.2 Å². The van der Waals surface area contributed by atoms with Crippen LogP contribution in [0.3, 0.4) is 0 Å². The maximum absolute atomic E-state index is 13.9. The summed E-state index contributed by atoms with van der Waals surface area (Å²) in [6.45, 7) is 4.51. The molecule has 4 nitrogen and oxygen atoms in total. The molecule has 188 valence electrons. The van der Waals surface area contributed by atoms with Crippen molar-refractivity contribution in [2.75, 3.05) is 21.0 Å². The molecule has 0 N–H and O–H groups in total. The van der Waals surface area contributed by atoms with Crippen molar-refractivity contribution in [1.82, 2.24) is 0 Å². The summed E-state index contributed by atoms with van der Waals surface area (Å²) in [7, 11) is 2.45. The summed E-state index contributed by atoms with van der Waals surface area (Å²) < 4.78 is 103. The maximum Gasteiger partial charge on any atom is 0.430 e. The van der Waals surface area contributed by atoms with Crippen LogP contribution in [0, 0.1) is 0 Å². The number of methoxy groups -OCH3 is 2. The molecule has 0 amide bonds. The molecular weight excluding hydrogens is 466 g/mol. The lowest BCUT2D eigenvalue weighted by Gasteiger charge is -2.37. The summed E-state index contributed by atoms with van der Waals surface area (Å²) in [6, 6.07) is 7.63. The first-order chi connectivity index (χ1) is 15.9. The van der Waals surface area contributed by atoms with Crippen LogP contribution < -0.4 is 4.74 Å². The fourth-order valence-electron chi connectivity index (χ4n) is 3.50. The Morgan fingerprint density at radius 1 is 0.882 bits per heavy atom. The van der Waals surface area contributed by atoms with Gasteiger partial charge < -0.3 is 18.9 Å². The summed E-state index contributed by atoms with van der Waals surface area (Å²) in [6.07, 6.45) is -9.34. The van der Waals surface area contributed by atoms with Gasteiger partial charge in [-0.05, 0) is 47.4 Å². The molecule has 34 heavy (non-hydrogen) atoms. The largest absolute Gasteiger partial charge is 0.457 e. The second-order valence-electron chi connectivity index (χ2n) is 7.40. The molecular formula is C24H26F6O4. The molecule has 0 unspecified atom stereocenters. The zero-order valence-corrected chi connectivity index (χ0v) is 19.0. The Morgan fingerprint density at radius 2 is 1.56 bits per heavy atom. The van der Waals surface area contributed by atoms with Crippen LogP contribution >= 0.6 is 0 Å². The van der Waals surface area contributed by atoms with E-state index >= 15 is 0 Å². The summed E-state index contributed by atoms with van der Waals surface area (Å²) in [5.41, 5.74) is -3.95. The lowest BCUT2D eigenvalue weighted by atomic mass is 9.89. The lowest BCUT2D eigenvalue weighted by Crippen LogP contribution is -2.56. The Balaban J connectivity index is 2.60. The minimum Gasteiger partial charge on any atom is -0.457 e. The monoisotopic (exact) mass is 492 g/mol. The van der Waals surface area contributed by atoms with Gasteiger partial charge in [0, 0.05) is 19.8 Å². The van der Waals surface area contributed by atoms with Gasteiger partial charge in [0.25, 0.3) is 5.60 Å². The first-order valence-corrected chi connectivity index (χ1v) is 10.3. The van der Waals surface area contributed by atoms with Crippen molar-refractivity contribution in [1.29, 1.82) is 0 Å². The molecule has 2 aromatic rings. The van der Waals surface area contributed by atoms with Crippen LogP contribution in [-0.4, -0.2) is 33.4 Å². The van der Waals surface area contributed by atoms with Crippen molar-refractivity contribution in [3.63, 3.8) is 0 Å². The van der Waals surface area contributed by atoms with Gasteiger partial charge in [-0.3, -0.25) is 0 Å². The molecule has 0 heterocycles. The van der Waals surface area contributed by atoms with Crippen molar-refractivity contribution < 1.29 is 45.3 Å². The molecule has 0 radical (unpaired) electrons. The first kappa shape index (κ1) is 27.7. The van der Waals surface area contributed by atoms with Crippen LogP contribution in [0.4, 0.5) is 26.3 Å². The van der Waals surface area contributed by atoms with E-state index in [1.165, 1.54) is 7.11 Å². The second-order valence-corrected chi connectivity index (χ2v) is 7.40. The number of halogens is 6. The molecule has 0 aliphatic carbocycles. The zero-order chi connectivity index (χ0) is 25.6. The molecule has 2 rings (SSSR count). The average Bonchev–Trinajstić information content (AvgIpc) is 2.74. The second kappa shape index (κ2) is 11.2. The number of aryl methyl sites for hydroxylation is 1. The van der Waals surface area contributed by atoms with E-state index in [-0.39, 0.29) is 24.3 Å². The molecule has 0 spiro atoms. The van der Waals surface area contributed by atoms with Gasteiger partial charge in [0.2, 0.25) is 0 Å². The summed E-state index contributed by atoms with van der Waals surface area (Å²) in [5.74, 6) is 0.474. The molecule has 0 saturated carbocycles. The van der Waals surface area contributed by atoms with Gasteiger partial charge in [-0.25, -0.2) is 0 Å². The highest BCUT2D eigenvalue weighted by Crippen LogP contribution is 2.53. The van der Waals surface area contributed by atoms with E-state index < -0.39 is 30.3 Å². The van der Waals surface area contributed by atoms with E-state index in [4.69, 9.17) is 9.47 Å². The van der Waals surface area contributed by atoms with E-state index in [2.05, 4.69) is 16.1 Å². The van der Waals surface area contributed by atoms with E-state index in [0.717, 1.165) is 30.4 Å². The lowest BCUT2D eigenvalue weighted by molar-refractivity contribution is -0.400. The molecule has 0 saturated heterocycles. The third kappa shape index (κ3) is 5.73. The highest BCUT2D eigenvalue weighted by molar-refractivity contribution is 5.54. The standard InChI is InChI=1S/C24H26F6O4/c1-5-7-17-12-19(22(23(25,26)27,24(28,29)30)33-15-32-4)9-11-21(17)34-20-10-8-16(6-2)18(13-20)14-31-3/h6,8-13H,2,5,7,14-15H2,1,3-4H3. The van der Waals surface area contributed by atoms with Crippen molar-refractivity contribution >= 4 is 6.08 Å². The smallest absolute Gasteiger partial charge is 0.430 e. The summed E-state index contributed by atoms with van der Waals surface area (Å²) in [5, 5.41) is 0. The highest BCUT2D eigenvalue weighted by atomic mass is 19.4. The summed E-state index contributed by atoms with van der Waals surface area (Å²) in [4.78, 5) is 0. The van der Waals surface area contributed by atoms with Crippen LogP contribution in [0.1, 0.15) is 35.6 Å². The third-order valence-corrected chi connectivity index (χ3v) is 5.04. The van der Waals surface area contributed by atoms with E-state index in [1.807, 2.05) is 0 Å². The van der Waals surface area contributed by atoms with E-state index in [9.17, 15) is 26.3 Å². The number of rotatable bonds is 11. The third-order valence-electron chi connectivity index (χ3n) is 5.04. The molecule has 10 heteroatoms. The topological polar surface area (TPSA) is 36.9 Å². The normalized spacial score (nSPS) is 12.6. The van der Waals surface area contributed by atoms with Crippen molar-refractivity contribution in [3.8, 4) is 11.5 Å². The molecule has 0 aliphatic rings. The fraction of sp³-hybridized carbons (Fsp3) is 0.417. The van der Waals surface area contributed by atoms with Crippen molar-refractivity contribution in [2.24, 2.45) is 0 Å². The van der Waals surface area contributed by atoms with Gasteiger partial charge >= 0.3 is 12.4 Å². The van der Waals surface area contributed by atoms with Gasteiger partial charge in [-0.15, -0.1) is 0 Å². The average molecular weight is 492 g/mol. The van der Waals surface area contributed by atoms with Crippen molar-refractivity contribution in [3.05, 3.63) is 65.2 Å². The Hall–Kier alpha value is -2.56. The fourth-order valence-corrected chi connectivity index (χ4v) is 3.50. The van der Waals surface area contributed by atoms with Crippen LogP contribution in [0.25, 0.3) is 6.08 Å². The minimum atomic E-state index is -5.80. The number of alkyl halides is 6. The molecule has 0 aromatic heterocycles. The summed E-state index contributed by atoms with van der Waals surface area (Å²) >= 11 is 0. The molecule has 0 atom stereocenters. The van der Waals surface area contributed by atoms with Crippen LogP contribution in [-0.2, 0) is 32.8 Å². The van der Waals surface area contributed by atoms with Crippen molar-refractivity contribution in [2.45, 2.75) is 44.3 Å². The molecule has 0 bridgehead atoms. The predicted octanol–water partition coefficient (Wildman–Crippen LogP) is 7.16. The van der Waals surface area contributed by atoms with Crippen LogP contribution in [0.5, 0.6) is 11.5 Å². The number of hydrogen-bond donors (Lipinski definition) is 0. The Morgan fingerprint density at radius 3 is 2.09 bits per heavy atom. The zero-order valence-electron chi connectivity index (χ0n) is 19.0. The van der Waals surface area contributed by atoms with Crippen LogP contribution in [0.15, 0.2) is 43.0 Å². The maximum atomic E-state index is 13.9. The number of hydrogen-bond acceptors (Lipinski definition) is 4. The molecule has 0 aliphatic heterocycles. The van der Waals surface area contributed by atoms with Gasteiger partial charge in [0.1, 0.15) is 18.3 Å². The van der Waals surface area contributed by atoms with Gasteiger partial charge in [0.15, 0.2) is 0 Å². The predicted molar refractivity (Wildman–Crippen MR) is 115 cm³/mol. The Kier molecular flexibility index (Phi) is 9.15. The minimum absolute atomic E-state index is 0.130. The SMILES string of the molecule is C=Cc1ccc(Oc2ccc(C(OCOC)(C(F)(F)F)C(F)(F)F)cc2CCC)cc1COC. The Bertz CT molecular complexity index is 955. The first-order valence-electron chi connectivity index (χ1n) is 10.3. The van der Waals surface area contributed by atoms with E-state index in [0.29, 0.717) is 18.2 Å². The van der Waals surface area contributed by atoms with Gasteiger partial charge in [0.05, 0.1) is 6.61 Å². The highest BCUT2D eigenvalue weighted by Gasteiger charge is 2.73.